The number of rotatable bonds is 6. The van der Waals surface area contributed by atoms with Gasteiger partial charge < -0.3 is 10.0 Å². The highest BCUT2D eigenvalue weighted by Gasteiger charge is 2.35. The number of hydrogen-bond acceptors (Lipinski definition) is 4. The van der Waals surface area contributed by atoms with Gasteiger partial charge in [-0.15, -0.1) is 0 Å². The molecule has 1 aromatic rings. The van der Waals surface area contributed by atoms with Crippen LogP contribution in [0.3, 0.4) is 0 Å². The molecule has 2 rings (SSSR count). The maximum absolute atomic E-state index is 13.4. The molecular formula is C16H23FN2O4S. The molecule has 1 aliphatic heterocycles. The Morgan fingerprint density at radius 2 is 2.12 bits per heavy atom. The molecule has 0 bridgehead atoms. The fourth-order valence-electron chi connectivity index (χ4n) is 3.09. The van der Waals surface area contributed by atoms with Gasteiger partial charge in [-0.3, -0.25) is 4.79 Å². The van der Waals surface area contributed by atoms with Crippen LogP contribution in [0.15, 0.2) is 18.2 Å². The summed E-state index contributed by atoms with van der Waals surface area (Å²) >= 11 is 0. The Balaban J connectivity index is 2.05. The highest BCUT2D eigenvalue weighted by atomic mass is 32.2. The second-order valence-electron chi connectivity index (χ2n) is 6.31. The van der Waals surface area contributed by atoms with E-state index >= 15 is 0 Å². The van der Waals surface area contributed by atoms with Gasteiger partial charge in [-0.1, -0.05) is 19.4 Å². The van der Waals surface area contributed by atoms with E-state index in [0.717, 1.165) is 25.2 Å². The van der Waals surface area contributed by atoms with Crippen LogP contribution in [-0.2, 0) is 21.2 Å². The van der Waals surface area contributed by atoms with Crippen LogP contribution in [0.5, 0.6) is 5.75 Å². The first-order valence-corrected chi connectivity index (χ1v) is 9.81. The van der Waals surface area contributed by atoms with Gasteiger partial charge in [-0.25, -0.2) is 17.5 Å². The lowest BCUT2D eigenvalue weighted by molar-refractivity contribution is -0.129. The van der Waals surface area contributed by atoms with Crippen LogP contribution in [0.2, 0.25) is 0 Å². The quantitative estimate of drug-likeness (QED) is 0.801. The number of likely N-dealkylation sites (tertiary alicyclic amines) is 1. The van der Waals surface area contributed by atoms with Crippen LogP contribution in [0.25, 0.3) is 0 Å². The minimum atomic E-state index is -3.34. The van der Waals surface area contributed by atoms with Gasteiger partial charge in [0.15, 0.2) is 11.6 Å². The van der Waals surface area contributed by atoms with E-state index in [2.05, 4.69) is 4.72 Å². The van der Waals surface area contributed by atoms with Crippen LogP contribution in [-0.4, -0.2) is 49.7 Å². The number of amides is 1. The Labute approximate surface area is 141 Å². The predicted molar refractivity (Wildman–Crippen MR) is 88.5 cm³/mol. The van der Waals surface area contributed by atoms with Crippen LogP contribution in [0, 0.1) is 11.7 Å². The first-order valence-electron chi connectivity index (χ1n) is 7.92. The van der Waals surface area contributed by atoms with E-state index in [0.29, 0.717) is 18.7 Å². The monoisotopic (exact) mass is 358 g/mol. The standard InChI is InChI=1S/C16H23FN2O4S/c1-3-4-12-9-19(10-14(12)18-24(2,22)23)16(21)8-11-5-6-15(20)13(17)7-11/h5-7,12,14,18,20H,3-4,8-10H2,1-2H3/t12-,14-/m1/s1. The summed E-state index contributed by atoms with van der Waals surface area (Å²) in [6.45, 7) is 2.82. The van der Waals surface area contributed by atoms with Gasteiger partial charge in [-0.05, 0) is 30.0 Å². The summed E-state index contributed by atoms with van der Waals surface area (Å²) in [5.41, 5.74) is 0.474. The first kappa shape index (κ1) is 18.7. The van der Waals surface area contributed by atoms with Crippen molar-refractivity contribution in [2.24, 2.45) is 5.92 Å². The third-order valence-corrected chi connectivity index (χ3v) is 4.92. The summed E-state index contributed by atoms with van der Waals surface area (Å²) in [5, 5.41) is 9.19. The summed E-state index contributed by atoms with van der Waals surface area (Å²) in [4.78, 5) is 14.1. The highest BCUT2D eigenvalue weighted by Crippen LogP contribution is 2.24. The van der Waals surface area contributed by atoms with Crippen molar-refractivity contribution in [1.82, 2.24) is 9.62 Å². The van der Waals surface area contributed by atoms with Gasteiger partial charge in [0, 0.05) is 19.1 Å². The molecule has 1 aromatic carbocycles. The Morgan fingerprint density at radius 1 is 1.42 bits per heavy atom. The van der Waals surface area contributed by atoms with E-state index in [-0.39, 0.29) is 24.3 Å². The minimum Gasteiger partial charge on any atom is -0.505 e. The molecule has 1 fully saturated rings. The number of phenols is 1. The molecule has 8 heteroatoms. The first-order chi connectivity index (χ1) is 11.2. The summed E-state index contributed by atoms with van der Waals surface area (Å²) in [6, 6.07) is 3.57. The number of nitrogens with one attached hydrogen (secondary N) is 1. The molecule has 6 nitrogen and oxygen atoms in total. The third-order valence-electron chi connectivity index (χ3n) is 4.19. The van der Waals surface area contributed by atoms with E-state index in [1.807, 2.05) is 6.92 Å². The zero-order valence-electron chi connectivity index (χ0n) is 13.8. The second-order valence-corrected chi connectivity index (χ2v) is 8.09. The van der Waals surface area contributed by atoms with Gasteiger partial charge in [-0.2, -0.15) is 0 Å². The van der Waals surface area contributed by atoms with Crippen LogP contribution in [0.4, 0.5) is 4.39 Å². The zero-order chi connectivity index (χ0) is 17.9. The minimum absolute atomic E-state index is 0.0155. The number of phenolic OH excluding ortho intramolecular Hbond substituents is 1. The number of carbonyl (C=O) groups is 1. The average Bonchev–Trinajstić information content (AvgIpc) is 2.84. The highest BCUT2D eigenvalue weighted by molar-refractivity contribution is 7.88. The number of sulfonamides is 1. The van der Waals surface area contributed by atoms with E-state index in [4.69, 9.17) is 0 Å². The molecule has 0 radical (unpaired) electrons. The molecule has 1 saturated heterocycles. The van der Waals surface area contributed by atoms with Gasteiger partial charge in [0.1, 0.15) is 0 Å². The van der Waals surface area contributed by atoms with E-state index < -0.39 is 21.6 Å². The van der Waals surface area contributed by atoms with Gasteiger partial charge in [0.05, 0.1) is 12.7 Å². The molecule has 1 aliphatic rings. The Kier molecular flexibility index (Phi) is 5.82. The normalized spacial score (nSPS) is 21.2. The fraction of sp³-hybridized carbons (Fsp3) is 0.562. The largest absolute Gasteiger partial charge is 0.505 e. The van der Waals surface area contributed by atoms with Crippen LogP contribution < -0.4 is 4.72 Å². The van der Waals surface area contributed by atoms with E-state index in [1.165, 1.54) is 12.1 Å². The third kappa shape index (κ3) is 4.91. The number of nitrogens with zero attached hydrogens (tertiary/aromatic N) is 1. The molecule has 0 aromatic heterocycles. The Hall–Kier alpha value is -1.67. The second kappa shape index (κ2) is 7.48. The van der Waals surface area contributed by atoms with E-state index in [9.17, 15) is 22.7 Å². The molecule has 2 N–H and O–H groups in total. The summed E-state index contributed by atoms with van der Waals surface area (Å²) < 4.78 is 39.0. The number of carbonyl (C=O) groups excluding carboxylic acids is 1. The summed E-state index contributed by atoms with van der Waals surface area (Å²) in [7, 11) is -3.34. The molecule has 0 saturated carbocycles. The Morgan fingerprint density at radius 3 is 2.71 bits per heavy atom. The van der Waals surface area contributed by atoms with Crippen molar-refractivity contribution < 1.29 is 22.7 Å². The molecule has 1 amide bonds. The van der Waals surface area contributed by atoms with Gasteiger partial charge in [0.2, 0.25) is 15.9 Å². The lowest BCUT2D eigenvalue weighted by Gasteiger charge is -2.17. The molecule has 0 aliphatic carbocycles. The maximum Gasteiger partial charge on any atom is 0.227 e. The molecule has 0 spiro atoms. The molecular weight excluding hydrogens is 335 g/mol. The zero-order valence-corrected chi connectivity index (χ0v) is 14.6. The fourth-order valence-corrected chi connectivity index (χ4v) is 3.91. The van der Waals surface area contributed by atoms with E-state index in [1.54, 1.807) is 4.90 Å². The number of hydrogen-bond donors (Lipinski definition) is 2. The number of halogens is 1. The number of benzene rings is 1. The van der Waals surface area contributed by atoms with Crippen molar-refractivity contribution >= 4 is 15.9 Å². The van der Waals surface area contributed by atoms with Crippen molar-refractivity contribution in [3.05, 3.63) is 29.6 Å². The molecule has 2 atom stereocenters. The molecule has 0 unspecified atom stereocenters. The summed E-state index contributed by atoms with van der Waals surface area (Å²) in [5.74, 6) is -1.32. The lowest BCUT2D eigenvalue weighted by Crippen LogP contribution is -2.40. The molecule has 1 heterocycles. The number of aromatic hydroxyl groups is 1. The van der Waals surface area contributed by atoms with Crippen LogP contribution >= 0.6 is 0 Å². The van der Waals surface area contributed by atoms with Crippen LogP contribution in [0.1, 0.15) is 25.3 Å². The van der Waals surface area contributed by atoms with Crippen molar-refractivity contribution in [1.29, 1.82) is 0 Å². The maximum atomic E-state index is 13.4. The predicted octanol–water partition coefficient (Wildman–Crippen LogP) is 1.25. The molecule has 134 valence electrons. The summed E-state index contributed by atoms with van der Waals surface area (Å²) in [6.07, 6.45) is 2.85. The lowest BCUT2D eigenvalue weighted by atomic mass is 9.99. The smallest absolute Gasteiger partial charge is 0.227 e. The molecule has 24 heavy (non-hydrogen) atoms. The van der Waals surface area contributed by atoms with Crippen molar-refractivity contribution in [3.8, 4) is 5.75 Å². The van der Waals surface area contributed by atoms with Gasteiger partial charge in [0.25, 0.3) is 0 Å². The van der Waals surface area contributed by atoms with Crippen molar-refractivity contribution in [2.75, 3.05) is 19.3 Å². The average molecular weight is 358 g/mol. The van der Waals surface area contributed by atoms with Crippen molar-refractivity contribution in [3.63, 3.8) is 0 Å². The topological polar surface area (TPSA) is 86.7 Å². The SMILES string of the molecule is CCC[C@@H]1CN(C(=O)Cc2ccc(O)c(F)c2)C[C@H]1NS(C)(=O)=O. The van der Waals surface area contributed by atoms with Crippen molar-refractivity contribution in [2.45, 2.75) is 32.2 Å². The van der Waals surface area contributed by atoms with Gasteiger partial charge >= 0.3 is 0 Å². The Bertz CT molecular complexity index is 708.